The van der Waals surface area contributed by atoms with E-state index in [1.807, 2.05) is 12.3 Å². The molecular weight excluding hydrogens is 242 g/mol. The van der Waals surface area contributed by atoms with E-state index in [2.05, 4.69) is 46.9 Å². The molecule has 1 saturated heterocycles. The van der Waals surface area contributed by atoms with E-state index in [1.54, 1.807) is 0 Å². The standard InChI is InChI=1S/C14H23N3S/c1-3-6-15-10-13-5-4-7-16-14(13)17-8-9-18-12(2)11-17/h4-5,7,12,15H,3,6,8-11H2,1-2H3. The molecule has 1 atom stereocenters. The van der Waals surface area contributed by atoms with Gasteiger partial charge in [-0.05, 0) is 19.0 Å². The maximum atomic E-state index is 4.59. The zero-order valence-electron chi connectivity index (χ0n) is 11.4. The van der Waals surface area contributed by atoms with Crippen LogP contribution in [-0.4, -0.2) is 35.6 Å². The highest BCUT2D eigenvalue weighted by molar-refractivity contribution is 8.00. The van der Waals surface area contributed by atoms with E-state index in [0.717, 1.165) is 26.2 Å². The Hall–Kier alpha value is -0.740. The van der Waals surface area contributed by atoms with Crippen LogP contribution in [-0.2, 0) is 6.54 Å². The molecule has 0 amide bonds. The third kappa shape index (κ3) is 3.62. The van der Waals surface area contributed by atoms with Crippen molar-refractivity contribution >= 4 is 17.6 Å². The number of rotatable bonds is 5. The number of hydrogen-bond acceptors (Lipinski definition) is 4. The average molecular weight is 265 g/mol. The molecule has 1 N–H and O–H groups in total. The predicted octanol–water partition coefficient (Wildman–Crippen LogP) is 2.52. The summed E-state index contributed by atoms with van der Waals surface area (Å²) in [6, 6.07) is 4.23. The van der Waals surface area contributed by atoms with Gasteiger partial charge in [0.1, 0.15) is 5.82 Å². The zero-order chi connectivity index (χ0) is 12.8. The summed E-state index contributed by atoms with van der Waals surface area (Å²) in [6.07, 6.45) is 3.08. The lowest BCUT2D eigenvalue weighted by Gasteiger charge is -2.32. The van der Waals surface area contributed by atoms with Gasteiger partial charge in [-0.2, -0.15) is 11.8 Å². The van der Waals surface area contributed by atoms with Crippen molar-refractivity contribution in [1.82, 2.24) is 10.3 Å². The molecule has 18 heavy (non-hydrogen) atoms. The van der Waals surface area contributed by atoms with Crippen LogP contribution in [0.1, 0.15) is 25.8 Å². The van der Waals surface area contributed by atoms with Crippen LogP contribution in [0.25, 0.3) is 0 Å². The van der Waals surface area contributed by atoms with Crippen LogP contribution in [0.5, 0.6) is 0 Å². The van der Waals surface area contributed by atoms with Gasteiger partial charge in [-0.25, -0.2) is 4.98 Å². The molecule has 0 saturated carbocycles. The summed E-state index contributed by atoms with van der Waals surface area (Å²) < 4.78 is 0. The van der Waals surface area contributed by atoms with Crippen molar-refractivity contribution in [2.75, 3.05) is 30.3 Å². The second-order valence-corrected chi connectivity index (χ2v) is 6.34. The number of hydrogen-bond donors (Lipinski definition) is 1. The molecule has 0 radical (unpaired) electrons. The summed E-state index contributed by atoms with van der Waals surface area (Å²) in [5.41, 5.74) is 1.32. The van der Waals surface area contributed by atoms with E-state index >= 15 is 0 Å². The van der Waals surface area contributed by atoms with Gasteiger partial charge in [0.05, 0.1) is 0 Å². The Balaban J connectivity index is 2.06. The number of pyridine rings is 1. The Morgan fingerprint density at radius 3 is 3.22 bits per heavy atom. The van der Waals surface area contributed by atoms with Crippen LogP contribution < -0.4 is 10.2 Å². The molecular formula is C14H23N3S. The molecule has 0 aromatic carbocycles. The molecule has 2 heterocycles. The first-order valence-electron chi connectivity index (χ1n) is 6.82. The first-order chi connectivity index (χ1) is 8.81. The van der Waals surface area contributed by atoms with Gasteiger partial charge in [-0.3, -0.25) is 0 Å². The minimum atomic E-state index is 0.706. The largest absolute Gasteiger partial charge is 0.354 e. The summed E-state index contributed by atoms with van der Waals surface area (Å²) in [5, 5.41) is 4.18. The highest BCUT2D eigenvalue weighted by Crippen LogP contribution is 2.24. The van der Waals surface area contributed by atoms with Gasteiger partial charge >= 0.3 is 0 Å². The minimum absolute atomic E-state index is 0.706. The van der Waals surface area contributed by atoms with Crippen LogP contribution in [0, 0.1) is 0 Å². The van der Waals surface area contributed by atoms with Crippen LogP contribution in [0.3, 0.4) is 0 Å². The lowest BCUT2D eigenvalue weighted by molar-refractivity contribution is 0.668. The molecule has 100 valence electrons. The molecule has 1 aliphatic rings. The highest BCUT2D eigenvalue weighted by Gasteiger charge is 2.19. The molecule has 4 heteroatoms. The Bertz CT molecular complexity index is 370. The average Bonchev–Trinajstić information content (AvgIpc) is 2.40. The van der Waals surface area contributed by atoms with Gasteiger partial charge in [0.15, 0.2) is 0 Å². The third-order valence-electron chi connectivity index (χ3n) is 3.15. The Kier molecular flexibility index (Phi) is 5.32. The van der Waals surface area contributed by atoms with E-state index in [1.165, 1.54) is 23.6 Å². The summed E-state index contributed by atoms with van der Waals surface area (Å²) >= 11 is 2.06. The minimum Gasteiger partial charge on any atom is -0.354 e. The summed E-state index contributed by atoms with van der Waals surface area (Å²) in [7, 11) is 0. The quantitative estimate of drug-likeness (QED) is 0.828. The monoisotopic (exact) mass is 265 g/mol. The van der Waals surface area contributed by atoms with Gasteiger partial charge < -0.3 is 10.2 Å². The van der Waals surface area contributed by atoms with E-state index in [9.17, 15) is 0 Å². The van der Waals surface area contributed by atoms with Gasteiger partial charge in [0, 0.05) is 42.4 Å². The van der Waals surface area contributed by atoms with E-state index < -0.39 is 0 Å². The highest BCUT2D eigenvalue weighted by atomic mass is 32.2. The third-order valence-corrected chi connectivity index (χ3v) is 4.29. The van der Waals surface area contributed by atoms with E-state index in [-0.39, 0.29) is 0 Å². The first kappa shape index (κ1) is 13.7. The fourth-order valence-electron chi connectivity index (χ4n) is 2.26. The Morgan fingerprint density at radius 2 is 2.44 bits per heavy atom. The van der Waals surface area contributed by atoms with Crippen molar-refractivity contribution in [3.05, 3.63) is 23.9 Å². The predicted molar refractivity (Wildman–Crippen MR) is 80.4 cm³/mol. The Labute approximate surface area is 114 Å². The molecule has 1 unspecified atom stereocenters. The lowest BCUT2D eigenvalue weighted by Crippen LogP contribution is -2.38. The fraction of sp³-hybridized carbons (Fsp3) is 0.643. The molecule has 0 aliphatic carbocycles. The van der Waals surface area contributed by atoms with Crippen LogP contribution in [0.15, 0.2) is 18.3 Å². The van der Waals surface area contributed by atoms with Crippen LogP contribution >= 0.6 is 11.8 Å². The molecule has 0 spiro atoms. The zero-order valence-corrected chi connectivity index (χ0v) is 12.2. The molecule has 1 aromatic heterocycles. The summed E-state index contributed by atoms with van der Waals surface area (Å²) in [5.74, 6) is 2.38. The molecule has 0 bridgehead atoms. The number of anilines is 1. The summed E-state index contributed by atoms with van der Waals surface area (Å²) in [6.45, 7) is 8.72. The Morgan fingerprint density at radius 1 is 1.56 bits per heavy atom. The van der Waals surface area contributed by atoms with Crippen molar-refractivity contribution in [3.63, 3.8) is 0 Å². The second kappa shape index (κ2) is 7.00. The number of nitrogens with one attached hydrogen (secondary N) is 1. The fourth-order valence-corrected chi connectivity index (χ4v) is 3.28. The van der Waals surface area contributed by atoms with E-state index in [0.29, 0.717) is 5.25 Å². The van der Waals surface area contributed by atoms with Crippen LogP contribution in [0.2, 0.25) is 0 Å². The van der Waals surface area contributed by atoms with Crippen molar-refractivity contribution in [2.24, 2.45) is 0 Å². The van der Waals surface area contributed by atoms with E-state index in [4.69, 9.17) is 0 Å². The topological polar surface area (TPSA) is 28.2 Å². The van der Waals surface area contributed by atoms with Gasteiger partial charge in [0.2, 0.25) is 0 Å². The summed E-state index contributed by atoms with van der Waals surface area (Å²) in [4.78, 5) is 7.03. The molecule has 2 rings (SSSR count). The van der Waals surface area contributed by atoms with Crippen molar-refractivity contribution in [1.29, 1.82) is 0 Å². The number of nitrogens with zero attached hydrogens (tertiary/aromatic N) is 2. The van der Waals surface area contributed by atoms with Crippen molar-refractivity contribution in [3.8, 4) is 0 Å². The van der Waals surface area contributed by atoms with Crippen LogP contribution in [0.4, 0.5) is 5.82 Å². The van der Waals surface area contributed by atoms with Gasteiger partial charge in [-0.1, -0.05) is 19.9 Å². The molecule has 3 nitrogen and oxygen atoms in total. The lowest BCUT2D eigenvalue weighted by atomic mass is 10.2. The maximum absolute atomic E-state index is 4.59. The maximum Gasteiger partial charge on any atom is 0.133 e. The normalized spacial score (nSPS) is 20.1. The van der Waals surface area contributed by atoms with Gasteiger partial charge in [-0.15, -0.1) is 0 Å². The van der Waals surface area contributed by atoms with Crippen molar-refractivity contribution in [2.45, 2.75) is 32.1 Å². The van der Waals surface area contributed by atoms with Gasteiger partial charge in [0.25, 0.3) is 0 Å². The smallest absolute Gasteiger partial charge is 0.133 e. The number of thioether (sulfide) groups is 1. The molecule has 1 fully saturated rings. The second-order valence-electron chi connectivity index (χ2n) is 4.79. The number of aromatic nitrogens is 1. The SMILES string of the molecule is CCCNCc1cccnc1N1CCSC(C)C1. The molecule has 1 aliphatic heterocycles. The molecule has 1 aromatic rings. The first-order valence-corrected chi connectivity index (χ1v) is 7.87. The van der Waals surface area contributed by atoms with Crippen molar-refractivity contribution < 1.29 is 0 Å².